The van der Waals surface area contributed by atoms with Crippen LogP contribution < -0.4 is 9.46 Å². The molecule has 3 aromatic rings. The Morgan fingerprint density at radius 3 is 2.68 bits per heavy atom. The van der Waals surface area contributed by atoms with Crippen molar-refractivity contribution in [1.29, 1.82) is 0 Å². The van der Waals surface area contributed by atoms with Crippen LogP contribution in [-0.2, 0) is 23.0 Å². The zero-order valence-corrected chi connectivity index (χ0v) is 19.5. The molecule has 1 unspecified atom stereocenters. The molecule has 31 heavy (non-hydrogen) atoms. The molecule has 0 spiro atoms. The van der Waals surface area contributed by atoms with Gasteiger partial charge in [0.2, 0.25) is 10.0 Å². The molecule has 1 N–H and O–H groups in total. The number of hydrogen-bond acceptors (Lipinski definition) is 5. The number of ether oxygens (including phenoxy) is 1. The highest BCUT2D eigenvalue weighted by molar-refractivity contribution is 7.89. The van der Waals surface area contributed by atoms with Gasteiger partial charge in [-0.25, -0.2) is 13.1 Å². The number of hydrogen-bond donors (Lipinski definition) is 1. The van der Waals surface area contributed by atoms with Crippen molar-refractivity contribution in [3.63, 3.8) is 0 Å². The van der Waals surface area contributed by atoms with E-state index >= 15 is 0 Å². The summed E-state index contributed by atoms with van der Waals surface area (Å²) in [6.45, 7) is 6.38. The van der Waals surface area contributed by atoms with Gasteiger partial charge in [0.15, 0.2) is 0 Å². The van der Waals surface area contributed by atoms with Crippen molar-refractivity contribution in [2.75, 3.05) is 19.7 Å². The number of benzene rings is 2. The molecule has 1 atom stereocenters. The Bertz CT molecular complexity index is 1130. The lowest BCUT2D eigenvalue weighted by Crippen LogP contribution is -2.40. The molecule has 0 bridgehead atoms. The lowest BCUT2D eigenvalue weighted by atomic mass is 9.97. The maximum absolute atomic E-state index is 13.0. The molecule has 2 aromatic carbocycles. The van der Waals surface area contributed by atoms with E-state index in [4.69, 9.17) is 4.74 Å². The molecule has 0 amide bonds. The Labute approximate surface area is 188 Å². The molecule has 4 rings (SSSR count). The van der Waals surface area contributed by atoms with E-state index in [0.717, 1.165) is 30.6 Å². The molecule has 1 aliphatic heterocycles. The van der Waals surface area contributed by atoms with Crippen LogP contribution in [0, 0.1) is 6.92 Å². The number of nitrogens with one attached hydrogen (secondary N) is 1. The second-order valence-corrected chi connectivity index (χ2v) is 10.3. The molecule has 0 saturated carbocycles. The summed E-state index contributed by atoms with van der Waals surface area (Å²) in [7, 11) is -3.63. The van der Waals surface area contributed by atoms with Crippen molar-refractivity contribution in [3.05, 3.63) is 81.5 Å². The average Bonchev–Trinajstić information content (AvgIpc) is 3.30. The standard InChI is InChI=1S/C24H28N2O3S2/c1-3-29-24-9-8-22(14-18(24)2)31(27,28)25-15-23(21-11-13-30-17-21)26-12-10-19-6-4-5-7-20(19)16-26/h4-9,11,13-14,17,23,25H,3,10,12,15-16H2,1-2H3. The molecule has 164 valence electrons. The molecule has 2 heterocycles. The molecule has 0 aliphatic carbocycles. The fourth-order valence-electron chi connectivity index (χ4n) is 4.08. The summed E-state index contributed by atoms with van der Waals surface area (Å²) >= 11 is 1.64. The minimum absolute atomic E-state index is 0.0156. The van der Waals surface area contributed by atoms with Crippen molar-refractivity contribution in [3.8, 4) is 5.75 Å². The first kappa shape index (κ1) is 22.0. The van der Waals surface area contributed by atoms with Crippen LogP contribution in [0.25, 0.3) is 0 Å². The average molecular weight is 457 g/mol. The van der Waals surface area contributed by atoms with Gasteiger partial charge in [-0.2, -0.15) is 11.3 Å². The van der Waals surface area contributed by atoms with E-state index in [1.54, 1.807) is 29.5 Å². The van der Waals surface area contributed by atoms with E-state index in [0.29, 0.717) is 18.9 Å². The Balaban J connectivity index is 1.53. The number of aryl methyl sites for hydroxylation is 1. The van der Waals surface area contributed by atoms with Crippen molar-refractivity contribution in [2.24, 2.45) is 0 Å². The smallest absolute Gasteiger partial charge is 0.240 e. The van der Waals surface area contributed by atoms with Gasteiger partial charge < -0.3 is 4.74 Å². The summed E-state index contributed by atoms with van der Waals surface area (Å²) < 4.78 is 34.5. The summed E-state index contributed by atoms with van der Waals surface area (Å²) in [6.07, 6.45) is 0.974. The predicted octanol–water partition coefficient (Wildman–Crippen LogP) is 4.53. The molecule has 1 aromatic heterocycles. The van der Waals surface area contributed by atoms with Gasteiger partial charge in [0.1, 0.15) is 5.75 Å². The van der Waals surface area contributed by atoms with Crippen LogP contribution in [0.15, 0.2) is 64.2 Å². The molecule has 0 radical (unpaired) electrons. The Hall–Kier alpha value is -2.19. The van der Waals surface area contributed by atoms with Gasteiger partial charge in [0.05, 0.1) is 11.5 Å². The van der Waals surface area contributed by atoms with E-state index in [-0.39, 0.29) is 10.9 Å². The molecular formula is C24H28N2O3S2. The van der Waals surface area contributed by atoms with Gasteiger partial charge in [-0.1, -0.05) is 24.3 Å². The number of rotatable bonds is 8. The largest absolute Gasteiger partial charge is 0.494 e. The van der Waals surface area contributed by atoms with Crippen LogP contribution in [-0.4, -0.2) is 33.0 Å². The molecule has 7 heteroatoms. The number of thiophene rings is 1. The topological polar surface area (TPSA) is 58.6 Å². The van der Waals surface area contributed by atoms with E-state index < -0.39 is 10.0 Å². The minimum atomic E-state index is -3.63. The summed E-state index contributed by atoms with van der Waals surface area (Å²) in [4.78, 5) is 2.64. The van der Waals surface area contributed by atoms with Crippen LogP contribution in [0.2, 0.25) is 0 Å². The number of nitrogens with zero attached hydrogens (tertiary/aromatic N) is 1. The van der Waals surface area contributed by atoms with Gasteiger partial charge in [-0.05, 0) is 77.5 Å². The second kappa shape index (κ2) is 9.53. The summed E-state index contributed by atoms with van der Waals surface area (Å²) in [5, 5.41) is 4.16. The van der Waals surface area contributed by atoms with E-state index in [9.17, 15) is 8.42 Å². The lowest BCUT2D eigenvalue weighted by Gasteiger charge is -2.35. The zero-order chi connectivity index (χ0) is 21.8. The quantitative estimate of drug-likeness (QED) is 0.541. The third kappa shape index (κ3) is 5.01. The summed E-state index contributed by atoms with van der Waals surface area (Å²) in [6, 6.07) is 15.6. The number of sulfonamides is 1. The highest BCUT2D eigenvalue weighted by Crippen LogP contribution is 2.29. The molecule has 5 nitrogen and oxygen atoms in total. The Morgan fingerprint density at radius 1 is 1.16 bits per heavy atom. The van der Waals surface area contributed by atoms with Gasteiger partial charge in [-0.15, -0.1) is 0 Å². The molecular weight excluding hydrogens is 428 g/mol. The SMILES string of the molecule is CCOc1ccc(S(=O)(=O)NCC(c2ccsc2)N2CCc3ccccc3C2)cc1C. The third-order valence-corrected chi connectivity index (χ3v) is 7.87. The van der Waals surface area contributed by atoms with Gasteiger partial charge >= 0.3 is 0 Å². The summed E-state index contributed by atoms with van der Waals surface area (Å²) in [5.74, 6) is 0.713. The monoisotopic (exact) mass is 456 g/mol. The van der Waals surface area contributed by atoms with E-state index in [2.05, 4.69) is 45.3 Å². The van der Waals surface area contributed by atoms with Crippen LogP contribution in [0.3, 0.4) is 0 Å². The third-order valence-electron chi connectivity index (χ3n) is 5.75. The zero-order valence-electron chi connectivity index (χ0n) is 17.9. The van der Waals surface area contributed by atoms with Crippen LogP contribution in [0.1, 0.15) is 35.2 Å². The van der Waals surface area contributed by atoms with Gasteiger partial charge in [0, 0.05) is 25.7 Å². The van der Waals surface area contributed by atoms with Crippen molar-refractivity contribution < 1.29 is 13.2 Å². The normalized spacial score (nSPS) is 15.4. The minimum Gasteiger partial charge on any atom is -0.494 e. The first-order valence-electron chi connectivity index (χ1n) is 10.5. The first-order chi connectivity index (χ1) is 15.0. The lowest BCUT2D eigenvalue weighted by molar-refractivity contribution is 0.181. The maximum Gasteiger partial charge on any atom is 0.240 e. The van der Waals surface area contributed by atoms with Gasteiger partial charge in [-0.3, -0.25) is 4.90 Å². The Morgan fingerprint density at radius 2 is 1.97 bits per heavy atom. The van der Waals surface area contributed by atoms with Gasteiger partial charge in [0.25, 0.3) is 0 Å². The fraction of sp³-hybridized carbons (Fsp3) is 0.333. The van der Waals surface area contributed by atoms with Crippen LogP contribution >= 0.6 is 11.3 Å². The van der Waals surface area contributed by atoms with Crippen LogP contribution in [0.5, 0.6) is 5.75 Å². The molecule has 1 aliphatic rings. The second-order valence-electron chi connectivity index (χ2n) is 7.77. The highest BCUT2D eigenvalue weighted by Gasteiger charge is 2.27. The molecule has 0 saturated heterocycles. The van der Waals surface area contributed by atoms with Crippen molar-refractivity contribution in [2.45, 2.75) is 37.8 Å². The molecule has 0 fully saturated rings. The predicted molar refractivity (Wildman–Crippen MR) is 125 cm³/mol. The maximum atomic E-state index is 13.0. The summed E-state index contributed by atoms with van der Waals surface area (Å²) in [5.41, 5.74) is 4.66. The van der Waals surface area contributed by atoms with E-state index in [1.807, 2.05) is 19.2 Å². The highest BCUT2D eigenvalue weighted by atomic mass is 32.2. The Kier molecular flexibility index (Phi) is 6.77. The first-order valence-corrected chi connectivity index (χ1v) is 13.0. The van der Waals surface area contributed by atoms with Crippen molar-refractivity contribution >= 4 is 21.4 Å². The fourth-order valence-corrected chi connectivity index (χ4v) is 5.91. The van der Waals surface area contributed by atoms with Crippen LogP contribution in [0.4, 0.5) is 0 Å². The van der Waals surface area contributed by atoms with E-state index in [1.165, 1.54) is 11.1 Å². The van der Waals surface area contributed by atoms with Crippen molar-refractivity contribution in [1.82, 2.24) is 9.62 Å². The number of fused-ring (bicyclic) bond motifs is 1.